The first kappa shape index (κ1) is 21.9. The van der Waals surface area contributed by atoms with Gasteiger partial charge in [0, 0.05) is 12.8 Å². The van der Waals surface area contributed by atoms with E-state index in [4.69, 9.17) is 4.74 Å². The SMILES string of the molecule is CNS(=O)(=O)c1cccc(NC(=O)C2(COC)CCNCC2)c1C.Cl. The van der Waals surface area contributed by atoms with Crippen LogP contribution in [0.25, 0.3) is 0 Å². The molecule has 9 heteroatoms. The van der Waals surface area contributed by atoms with Gasteiger partial charge in [-0.15, -0.1) is 12.4 Å². The van der Waals surface area contributed by atoms with E-state index >= 15 is 0 Å². The highest BCUT2D eigenvalue weighted by Crippen LogP contribution is 2.32. The second-order valence-electron chi connectivity index (χ2n) is 6.05. The number of anilines is 1. The van der Waals surface area contributed by atoms with Gasteiger partial charge < -0.3 is 15.4 Å². The number of methoxy groups -OCH3 is 1. The minimum Gasteiger partial charge on any atom is -0.384 e. The Morgan fingerprint density at radius 1 is 1.32 bits per heavy atom. The maximum Gasteiger partial charge on any atom is 0.240 e. The Hall–Kier alpha value is -1.19. The topological polar surface area (TPSA) is 96.5 Å². The summed E-state index contributed by atoms with van der Waals surface area (Å²) < 4.78 is 31.7. The lowest BCUT2D eigenvalue weighted by Gasteiger charge is -2.35. The fraction of sp³-hybridized carbons (Fsp3) is 0.562. The number of rotatable bonds is 6. The van der Waals surface area contributed by atoms with E-state index in [0.29, 0.717) is 30.7 Å². The number of benzene rings is 1. The first-order valence-corrected chi connectivity index (χ1v) is 9.39. The quantitative estimate of drug-likeness (QED) is 0.678. The summed E-state index contributed by atoms with van der Waals surface area (Å²) in [6.07, 6.45) is 1.36. The minimum atomic E-state index is -3.57. The lowest BCUT2D eigenvalue weighted by Crippen LogP contribution is -2.47. The molecule has 3 N–H and O–H groups in total. The number of ether oxygens (including phenoxy) is 1. The van der Waals surface area contributed by atoms with Crippen molar-refractivity contribution in [3.05, 3.63) is 23.8 Å². The van der Waals surface area contributed by atoms with E-state index < -0.39 is 15.4 Å². The predicted octanol–water partition coefficient (Wildman–Crippen LogP) is 1.28. The molecule has 1 heterocycles. The third-order valence-electron chi connectivity index (χ3n) is 4.55. The van der Waals surface area contributed by atoms with Crippen LogP contribution in [-0.4, -0.2) is 48.2 Å². The van der Waals surface area contributed by atoms with Crippen molar-refractivity contribution in [1.82, 2.24) is 10.0 Å². The summed E-state index contributed by atoms with van der Waals surface area (Å²) >= 11 is 0. The van der Waals surface area contributed by atoms with Crippen molar-refractivity contribution in [2.45, 2.75) is 24.7 Å². The standard InChI is InChI=1S/C16H25N3O4S.ClH/c1-12-13(5-4-6-14(12)24(21,22)17-2)19-15(20)16(11-23-3)7-9-18-10-8-16;/h4-6,17-18H,7-11H2,1-3H3,(H,19,20);1H. The van der Waals surface area contributed by atoms with E-state index in [2.05, 4.69) is 15.4 Å². The maximum atomic E-state index is 12.9. The molecule has 1 aromatic carbocycles. The Morgan fingerprint density at radius 2 is 1.96 bits per heavy atom. The number of carbonyl (C=O) groups is 1. The zero-order valence-corrected chi connectivity index (χ0v) is 16.4. The second-order valence-corrected chi connectivity index (χ2v) is 7.91. The third kappa shape index (κ3) is 4.71. The van der Waals surface area contributed by atoms with Gasteiger partial charge in [-0.2, -0.15) is 0 Å². The number of halogens is 1. The van der Waals surface area contributed by atoms with Crippen molar-refractivity contribution >= 4 is 34.0 Å². The Labute approximate surface area is 155 Å². The summed E-state index contributed by atoms with van der Waals surface area (Å²) in [7, 11) is -0.624. The summed E-state index contributed by atoms with van der Waals surface area (Å²) in [5, 5.41) is 6.14. The van der Waals surface area contributed by atoms with Gasteiger partial charge in [0.15, 0.2) is 0 Å². The average Bonchev–Trinajstić information content (AvgIpc) is 2.57. The highest BCUT2D eigenvalue weighted by atomic mass is 35.5. The van der Waals surface area contributed by atoms with E-state index in [1.54, 1.807) is 26.2 Å². The van der Waals surface area contributed by atoms with Crippen LogP contribution in [0.15, 0.2) is 23.1 Å². The van der Waals surface area contributed by atoms with Crippen molar-refractivity contribution in [3.63, 3.8) is 0 Å². The molecule has 0 atom stereocenters. The van der Waals surface area contributed by atoms with E-state index in [1.165, 1.54) is 13.1 Å². The number of amides is 1. The Balaban J connectivity index is 0.00000312. The second kappa shape index (κ2) is 8.95. The van der Waals surface area contributed by atoms with E-state index in [1.807, 2.05) is 0 Å². The molecular formula is C16H26ClN3O4S. The van der Waals surface area contributed by atoms with Gasteiger partial charge in [-0.05, 0) is 57.6 Å². The first-order valence-electron chi connectivity index (χ1n) is 7.90. The lowest BCUT2D eigenvalue weighted by atomic mass is 9.78. The molecular weight excluding hydrogens is 366 g/mol. The molecule has 142 valence electrons. The van der Waals surface area contributed by atoms with Crippen LogP contribution in [0.2, 0.25) is 0 Å². The van der Waals surface area contributed by atoms with Crippen LogP contribution < -0.4 is 15.4 Å². The molecule has 0 bridgehead atoms. The summed E-state index contributed by atoms with van der Waals surface area (Å²) in [6, 6.07) is 4.86. The van der Waals surface area contributed by atoms with Crippen LogP contribution in [0.3, 0.4) is 0 Å². The van der Waals surface area contributed by atoms with Crippen LogP contribution in [-0.2, 0) is 19.6 Å². The van der Waals surface area contributed by atoms with Crippen molar-refractivity contribution in [2.75, 3.05) is 39.2 Å². The van der Waals surface area contributed by atoms with Gasteiger partial charge in [0.1, 0.15) is 0 Å². The molecule has 0 aliphatic carbocycles. The molecule has 1 saturated heterocycles. The predicted molar refractivity (Wildman–Crippen MR) is 99.7 cm³/mol. The Bertz CT molecular complexity index is 698. The average molecular weight is 392 g/mol. The van der Waals surface area contributed by atoms with Crippen molar-refractivity contribution in [2.24, 2.45) is 5.41 Å². The minimum absolute atomic E-state index is 0. The Morgan fingerprint density at radius 3 is 2.52 bits per heavy atom. The van der Waals surface area contributed by atoms with Crippen LogP contribution >= 0.6 is 12.4 Å². The number of piperidine rings is 1. The third-order valence-corrected chi connectivity index (χ3v) is 6.11. The molecule has 1 aromatic rings. The highest BCUT2D eigenvalue weighted by Gasteiger charge is 2.40. The molecule has 0 unspecified atom stereocenters. The number of hydrogen-bond acceptors (Lipinski definition) is 5. The van der Waals surface area contributed by atoms with Crippen molar-refractivity contribution in [3.8, 4) is 0 Å². The molecule has 0 radical (unpaired) electrons. The van der Waals surface area contributed by atoms with Crippen LogP contribution in [0.5, 0.6) is 0 Å². The van der Waals surface area contributed by atoms with Gasteiger partial charge in [0.25, 0.3) is 0 Å². The van der Waals surface area contributed by atoms with Gasteiger partial charge in [-0.3, -0.25) is 4.79 Å². The number of nitrogens with one attached hydrogen (secondary N) is 3. The number of sulfonamides is 1. The summed E-state index contributed by atoms with van der Waals surface area (Å²) in [5.74, 6) is -0.132. The largest absolute Gasteiger partial charge is 0.384 e. The van der Waals surface area contributed by atoms with Crippen LogP contribution in [0.4, 0.5) is 5.69 Å². The van der Waals surface area contributed by atoms with Crippen molar-refractivity contribution in [1.29, 1.82) is 0 Å². The normalized spacial score (nSPS) is 16.8. The van der Waals surface area contributed by atoms with E-state index in [0.717, 1.165) is 13.1 Å². The fourth-order valence-electron chi connectivity index (χ4n) is 3.02. The van der Waals surface area contributed by atoms with Crippen molar-refractivity contribution < 1.29 is 17.9 Å². The Kier molecular flexibility index (Phi) is 7.83. The summed E-state index contributed by atoms with van der Waals surface area (Å²) in [6.45, 7) is 3.53. The number of hydrogen-bond donors (Lipinski definition) is 3. The van der Waals surface area contributed by atoms with E-state index in [9.17, 15) is 13.2 Å². The molecule has 1 fully saturated rings. The molecule has 1 aliphatic rings. The van der Waals surface area contributed by atoms with Crippen LogP contribution in [0, 0.1) is 12.3 Å². The summed E-state index contributed by atoms with van der Waals surface area (Å²) in [4.78, 5) is 13.0. The molecule has 25 heavy (non-hydrogen) atoms. The molecule has 0 saturated carbocycles. The molecule has 0 spiro atoms. The molecule has 0 aromatic heterocycles. The first-order chi connectivity index (χ1) is 11.4. The number of carbonyl (C=O) groups excluding carboxylic acids is 1. The maximum absolute atomic E-state index is 12.9. The molecule has 7 nitrogen and oxygen atoms in total. The van der Waals surface area contributed by atoms with Gasteiger partial charge in [-0.1, -0.05) is 6.07 Å². The highest BCUT2D eigenvalue weighted by molar-refractivity contribution is 7.89. The van der Waals surface area contributed by atoms with Gasteiger partial charge >= 0.3 is 0 Å². The molecule has 1 aliphatic heterocycles. The molecule has 2 rings (SSSR count). The van der Waals surface area contributed by atoms with Crippen LogP contribution in [0.1, 0.15) is 18.4 Å². The van der Waals surface area contributed by atoms with Gasteiger partial charge in [-0.25, -0.2) is 13.1 Å². The fourth-order valence-corrected chi connectivity index (χ4v) is 4.02. The summed E-state index contributed by atoms with van der Waals surface area (Å²) in [5.41, 5.74) is 0.427. The molecule has 1 amide bonds. The van der Waals surface area contributed by atoms with Gasteiger partial charge in [0.2, 0.25) is 15.9 Å². The monoisotopic (exact) mass is 391 g/mol. The zero-order valence-electron chi connectivity index (χ0n) is 14.7. The lowest BCUT2D eigenvalue weighted by molar-refractivity contribution is -0.130. The smallest absolute Gasteiger partial charge is 0.240 e. The zero-order chi connectivity index (χ0) is 17.8. The van der Waals surface area contributed by atoms with Gasteiger partial charge in [0.05, 0.1) is 16.9 Å². The van der Waals surface area contributed by atoms with E-state index in [-0.39, 0.29) is 23.2 Å².